The highest BCUT2D eigenvalue weighted by atomic mass is 35.5. The molecule has 0 aliphatic carbocycles. The zero-order chi connectivity index (χ0) is 27.7. The average molecular weight is 556 g/mol. The van der Waals surface area contributed by atoms with E-state index in [-0.39, 0.29) is 17.7 Å². The Hall–Kier alpha value is -3.97. The standard InChI is InChI=1S/C32H30ClN3O4/c33-23-12-9-21(10-13-23)30-26(6-2-4-8-29(37)38)34-27-19-22(11-14-25(27)35-30)31(39)36-17-15-32(16-18-36)20-40-28-7-3-1-5-24(28)32/h1,3,5,7,9-14,19H,2,4,6,8,15-18,20H2,(H,37,38). The summed E-state index contributed by atoms with van der Waals surface area (Å²) < 4.78 is 5.97. The number of amides is 1. The van der Waals surface area contributed by atoms with Gasteiger partial charge in [0, 0.05) is 46.6 Å². The molecular weight excluding hydrogens is 526 g/mol. The molecule has 0 radical (unpaired) electrons. The summed E-state index contributed by atoms with van der Waals surface area (Å²) in [5.74, 6) is 0.154. The number of hydrogen-bond donors (Lipinski definition) is 1. The van der Waals surface area contributed by atoms with Crippen molar-refractivity contribution >= 4 is 34.5 Å². The molecule has 4 aromatic rings. The topological polar surface area (TPSA) is 92.6 Å². The van der Waals surface area contributed by atoms with E-state index in [0.29, 0.717) is 60.6 Å². The number of nitrogens with zero attached hydrogens (tertiary/aromatic N) is 3. The molecular formula is C32H30ClN3O4. The molecule has 1 spiro atoms. The Morgan fingerprint density at radius 3 is 2.50 bits per heavy atom. The van der Waals surface area contributed by atoms with E-state index in [4.69, 9.17) is 31.4 Å². The number of carbonyl (C=O) groups is 2. The van der Waals surface area contributed by atoms with Crippen LogP contribution in [0.1, 0.15) is 53.7 Å². The first-order valence-corrected chi connectivity index (χ1v) is 14.1. The van der Waals surface area contributed by atoms with Crippen LogP contribution in [0.15, 0.2) is 66.7 Å². The fourth-order valence-corrected chi connectivity index (χ4v) is 5.99. The maximum atomic E-state index is 13.6. The Balaban J connectivity index is 1.24. The van der Waals surface area contributed by atoms with Gasteiger partial charge in [-0.1, -0.05) is 41.9 Å². The van der Waals surface area contributed by atoms with Gasteiger partial charge in [0.25, 0.3) is 5.91 Å². The second-order valence-electron chi connectivity index (χ2n) is 10.7. The molecule has 2 aliphatic heterocycles. The van der Waals surface area contributed by atoms with E-state index < -0.39 is 5.97 Å². The van der Waals surface area contributed by atoms with Gasteiger partial charge in [-0.2, -0.15) is 0 Å². The molecule has 40 heavy (non-hydrogen) atoms. The highest BCUT2D eigenvalue weighted by molar-refractivity contribution is 6.30. The molecule has 1 aromatic heterocycles. The number of carboxylic acid groups (broad SMARTS) is 1. The number of unbranched alkanes of at least 4 members (excludes halogenated alkanes) is 1. The lowest BCUT2D eigenvalue weighted by Crippen LogP contribution is -2.46. The molecule has 1 N–H and O–H groups in total. The monoisotopic (exact) mass is 555 g/mol. The van der Waals surface area contributed by atoms with Crippen molar-refractivity contribution in [3.63, 3.8) is 0 Å². The molecule has 7 nitrogen and oxygen atoms in total. The number of aliphatic carboxylic acids is 1. The van der Waals surface area contributed by atoms with E-state index in [1.54, 1.807) is 0 Å². The van der Waals surface area contributed by atoms with Crippen LogP contribution in [0.2, 0.25) is 5.02 Å². The first-order valence-electron chi connectivity index (χ1n) is 13.7. The van der Waals surface area contributed by atoms with Crippen LogP contribution < -0.4 is 4.74 Å². The summed E-state index contributed by atoms with van der Waals surface area (Å²) >= 11 is 6.10. The quantitative estimate of drug-likeness (QED) is 0.268. The van der Waals surface area contributed by atoms with Gasteiger partial charge in [0.2, 0.25) is 0 Å². The lowest BCUT2D eigenvalue weighted by atomic mass is 9.74. The first kappa shape index (κ1) is 26.3. The van der Waals surface area contributed by atoms with E-state index in [1.165, 1.54) is 5.56 Å². The number of hydrogen-bond acceptors (Lipinski definition) is 5. The van der Waals surface area contributed by atoms with Crippen molar-refractivity contribution < 1.29 is 19.4 Å². The van der Waals surface area contributed by atoms with E-state index in [1.807, 2.05) is 59.5 Å². The third-order valence-electron chi connectivity index (χ3n) is 8.13. The molecule has 204 valence electrons. The number of carboxylic acids is 1. The molecule has 0 bridgehead atoms. The number of aromatic nitrogens is 2. The fraction of sp³-hybridized carbons (Fsp3) is 0.312. The number of rotatable bonds is 7. The maximum Gasteiger partial charge on any atom is 0.303 e. The number of halogens is 1. The van der Waals surface area contributed by atoms with E-state index in [0.717, 1.165) is 35.5 Å². The number of aryl methyl sites for hydroxylation is 1. The van der Waals surface area contributed by atoms with Crippen LogP contribution in [0.5, 0.6) is 5.75 Å². The van der Waals surface area contributed by atoms with Crippen LogP contribution >= 0.6 is 11.6 Å². The molecule has 6 rings (SSSR count). The molecule has 2 aliphatic rings. The number of fused-ring (bicyclic) bond motifs is 3. The van der Waals surface area contributed by atoms with Gasteiger partial charge in [-0.15, -0.1) is 0 Å². The summed E-state index contributed by atoms with van der Waals surface area (Å²) in [7, 11) is 0. The van der Waals surface area contributed by atoms with Gasteiger partial charge in [0.15, 0.2) is 0 Å². The minimum absolute atomic E-state index is 0.00413. The lowest BCUT2D eigenvalue weighted by molar-refractivity contribution is -0.137. The predicted molar refractivity (Wildman–Crippen MR) is 154 cm³/mol. The summed E-state index contributed by atoms with van der Waals surface area (Å²) in [5.41, 5.74) is 5.62. The number of likely N-dealkylation sites (tertiary alicyclic amines) is 1. The van der Waals surface area contributed by atoms with Crippen molar-refractivity contribution in [1.29, 1.82) is 0 Å². The van der Waals surface area contributed by atoms with Crippen molar-refractivity contribution in [1.82, 2.24) is 14.9 Å². The molecule has 3 aromatic carbocycles. The third kappa shape index (κ3) is 5.13. The summed E-state index contributed by atoms with van der Waals surface area (Å²) in [6, 6.07) is 21.2. The molecule has 0 unspecified atom stereocenters. The normalized spacial score (nSPS) is 15.7. The molecule has 1 saturated heterocycles. The van der Waals surface area contributed by atoms with Crippen LogP contribution in [0.25, 0.3) is 22.3 Å². The van der Waals surface area contributed by atoms with Crippen molar-refractivity contribution in [2.24, 2.45) is 0 Å². The second-order valence-corrected chi connectivity index (χ2v) is 11.1. The number of benzene rings is 3. The smallest absolute Gasteiger partial charge is 0.303 e. The number of ether oxygens (including phenoxy) is 1. The average Bonchev–Trinajstić information content (AvgIpc) is 3.33. The van der Waals surface area contributed by atoms with E-state index >= 15 is 0 Å². The summed E-state index contributed by atoms with van der Waals surface area (Å²) in [4.78, 5) is 36.3. The Kier molecular flexibility index (Phi) is 7.15. The van der Waals surface area contributed by atoms with Crippen molar-refractivity contribution in [2.75, 3.05) is 19.7 Å². The first-order chi connectivity index (χ1) is 19.4. The summed E-state index contributed by atoms with van der Waals surface area (Å²) in [5, 5.41) is 9.66. The predicted octanol–water partition coefficient (Wildman–Crippen LogP) is 6.31. The molecule has 0 saturated carbocycles. The minimum Gasteiger partial charge on any atom is -0.492 e. The summed E-state index contributed by atoms with van der Waals surface area (Å²) in [6.45, 7) is 2.01. The largest absolute Gasteiger partial charge is 0.492 e. The second kappa shape index (κ2) is 10.9. The van der Waals surface area contributed by atoms with Crippen LogP contribution in [0.3, 0.4) is 0 Å². The zero-order valence-electron chi connectivity index (χ0n) is 22.1. The van der Waals surface area contributed by atoms with Gasteiger partial charge in [-0.3, -0.25) is 9.59 Å². The van der Waals surface area contributed by atoms with Crippen LogP contribution in [0.4, 0.5) is 0 Å². The number of para-hydroxylation sites is 1. The van der Waals surface area contributed by atoms with Gasteiger partial charge in [-0.05, 0) is 68.5 Å². The van der Waals surface area contributed by atoms with Gasteiger partial charge < -0.3 is 14.7 Å². The van der Waals surface area contributed by atoms with Crippen LogP contribution in [0, 0.1) is 0 Å². The maximum absolute atomic E-state index is 13.6. The van der Waals surface area contributed by atoms with Crippen LogP contribution in [-0.4, -0.2) is 51.5 Å². The Morgan fingerprint density at radius 1 is 0.950 bits per heavy atom. The van der Waals surface area contributed by atoms with Crippen molar-refractivity contribution in [3.8, 4) is 17.0 Å². The van der Waals surface area contributed by atoms with Gasteiger partial charge in [0.05, 0.1) is 29.0 Å². The minimum atomic E-state index is -0.807. The van der Waals surface area contributed by atoms with Gasteiger partial charge in [-0.25, -0.2) is 9.97 Å². The molecule has 1 fully saturated rings. The van der Waals surface area contributed by atoms with Crippen LogP contribution in [-0.2, 0) is 16.6 Å². The van der Waals surface area contributed by atoms with E-state index in [9.17, 15) is 9.59 Å². The highest BCUT2D eigenvalue weighted by Crippen LogP contribution is 2.45. The molecule has 8 heteroatoms. The fourth-order valence-electron chi connectivity index (χ4n) is 5.86. The highest BCUT2D eigenvalue weighted by Gasteiger charge is 2.43. The van der Waals surface area contributed by atoms with Gasteiger partial charge in [0.1, 0.15) is 5.75 Å². The Labute approximate surface area is 237 Å². The lowest BCUT2D eigenvalue weighted by Gasteiger charge is -2.38. The zero-order valence-corrected chi connectivity index (χ0v) is 22.9. The van der Waals surface area contributed by atoms with Gasteiger partial charge >= 0.3 is 5.97 Å². The SMILES string of the molecule is O=C(O)CCCCc1nc2cc(C(=O)N3CCC4(CC3)COc3ccccc34)ccc2nc1-c1ccc(Cl)cc1. The summed E-state index contributed by atoms with van der Waals surface area (Å²) in [6.07, 6.45) is 3.67. The number of carbonyl (C=O) groups excluding carboxylic acids is 1. The Bertz CT molecular complexity index is 1580. The Morgan fingerprint density at radius 2 is 1.73 bits per heavy atom. The van der Waals surface area contributed by atoms with E-state index in [2.05, 4.69) is 12.1 Å². The molecule has 3 heterocycles. The number of piperidine rings is 1. The van der Waals surface area contributed by atoms with Crippen molar-refractivity contribution in [3.05, 3.63) is 88.6 Å². The third-order valence-corrected chi connectivity index (χ3v) is 8.38. The molecule has 1 amide bonds. The molecule has 0 atom stereocenters. The van der Waals surface area contributed by atoms with Crippen molar-refractivity contribution in [2.45, 2.75) is 43.9 Å².